The van der Waals surface area contributed by atoms with Gasteiger partial charge in [-0.15, -0.1) is 13.2 Å². The summed E-state index contributed by atoms with van der Waals surface area (Å²) in [6, 6.07) is 0. The molecule has 0 aliphatic carbocycles. The van der Waals surface area contributed by atoms with Gasteiger partial charge in [0.1, 0.15) is 0 Å². The van der Waals surface area contributed by atoms with Crippen LogP contribution < -0.4 is 0 Å². The molecule has 0 aliphatic rings. The molecule has 0 heteroatoms. The lowest BCUT2D eigenvalue weighted by atomic mass is 9.95. The lowest BCUT2D eigenvalue weighted by Gasteiger charge is -2.11. The van der Waals surface area contributed by atoms with Crippen molar-refractivity contribution in [2.45, 2.75) is 78.1 Å². The second-order valence-corrected chi connectivity index (χ2v) is 5.93. The predicted molar refractivity (Wildman–Crippen MR) is 84.9 cm³/mol. The molecule has 0 saturated heterocycles. The van der Waals surface area contributed by atoms with Gasteiger partial charge in [-0.3, -0.25) is 0 Å². The van der Waals surface area contributed by atoms with Crippen molar-refractivity contribution in [1.29, 1.82) is 0 Å². The van der Waals surface area contributed by atoms with Gasteiger partial charge in [-0.25, -0.2) is 0 Å². The molecule has 0 bridgehead atoms. The summed E-state index contributed by atoms with van der Waals surface area (Å²) < 4.78 is 0. The minimum atomic E-state index is 0.884. The van der Waals surface area contributed by atoms with Crippen molar-refractivity contribution in [3.63, 3.8) is 0 Å². The number of hydrogen-bond acceptors (Lipinski definition) is 0. The lowest BCUT2D eigenvalue weighted by molar-refractivity contribution is 0.436. The maximum absolute atomic E-state index is 3.78. The Morgan fingerprint density at radius 3 is 1.39 bits per heavy atom. The Morgan fingerprint density at radius 1 is 0.667 bits per heavy atom. The zero-order valence-corrected chi connectivity index (χ0v) is 12.8. The van der Waals surface area contributed by atoms with Crippen molar-refractivity contribution in [3.05, 3.63) is 25.3 Å². The standard InChI is InChI=1S/C18H34/c1-5-7-13-17(3)15-11-9-10-12-16-18(4)14-8-6-2/h5-6,17-18H,1-2,7-16H2,3-4H3. The van der Waals surface area contributed by atoms with Gasteiger partial charge in [0.15, 0.2) is 0 Å². The van der Waals surface area contributed by atoms with E-state index in [0.717, 1.165) is 11.8 Å². The zero-order valence-electron chi connectivity index (χ0n) is 12.8. The first-order valence-corrected chi connectivity index (χ1v) is 7.92. The SMILES string of the molecule is C=CCCC(C)CCCCCCC(C)CCC=C. The Bertz CT molecular complexity index is 170. The average molecular weight is 250 g/mol. The van der Waals surface area contributed by atoms with Gasteiger partial charge in [0.05, 0.1) is 0 Å². The average Bonchev–Trinajstić information content (AvgIpc) is 2.37. The van der Waals surface area contributed by atoms with Gasteiger partial charge in [0, 0.05) is 0 Å². The van der Waals surface area contributed by atoms with Gasteiger partial charge in [-0.05, 0) is 37.5 Å². The van der Waals surface area contributed by atoms with Gasteiger partial charge < -0.3 is 0 Å². The molecule has 0 amide bonds. The summed E-state index contributed by atoms with van der Waals surface area (Å²) >= 11 is 0. The Hall–Kier alpha value is -0.520. The maximum Gasteiger partial charge on any atom is -0.0351 e. The lowest BCUT2D eigenvalue weighted by Crippen LogP contribution is -1.95. The minimum absolute atomic E-state index is 0.884. The molecule has 0 saturated carbocycles. The first-order valence-electron chi connectivity index (χ1n) is 7.92. The van der Waals surface area contributed by atoms with Crippen LogP contribution >= 0.6 is 0 Å². The third kappa shape index (κ3) is 12.0. The summed E-state index contributed by atoms with van der Waals surface area (Å²) in [7, 11) is 0. The van der Waals surface area contributed by atoms with Crippen LogP contribution in [0.2, 0.25) is 0 Å². The number of allylic oxidation sites excluding steroid dienone is 2. The molecule has 0 aliphatic heterocycles. The molecule has 2 atom stereocenters. The summed E-state index contributed by atoms with van der Waals surface area (Å²) in [6.45, 7) is 12.3. The van der Waals surface area contributed by atoms with E-state index in [-0.39, 0.29) is 0 Å². The molecule has 0 spiro atoms. The van der Waals surface area contributed by atoms with Crippen LogP contribution in [-0.2, 0) is 0 Å². The summed E-state index contributed by atoms with van der Waals surface area (Å²) in [6.07, 6.45) is 17.6. The maximum atomic E-state index is 3.78. The second kappa shape index (κ2) is 12.9. The van der Waals surface area contributed by atoms with E-state index in [4.69, 9.17) is 0 Å². The summed E-state index contributed by atoms with van der Waals surface area (Å²) in [5.74, 6) is 1.77. The number of unbranched alkanes of at least 4 members (excludes halogenated alkanes) is 3. The molecular formula is C18H34. The smallest absolute Gasteiger partial charge is 0.0351 e. The van der Waals surface area contributed by atoms with E-state index in [1.165, 1.54) is 64.2 Å². The van der Waals surface area contributed by atoms with Gasteiger partial charge >= 0.3 is 0 Å². The van der Waals surface area contributed by atoms with Gasteiger partial charge in [-0.2, -0.15) is 0 Å². The normalized spacial score (nSPS) is 14.1. The quantitative estimate of drug-likeness (QED) is 0.257. The molecule has 18 heavy (non-hydrogen) atoms. The third-order valence-electron chi connectivity index (χ3n) is 3.87. The van der Waals surface area contributed by atoms with Crippen LogP contribution in [0.25, 0.3) is 0 Å². The first kappa shape index (κ1) is 17.5. The fraction of sp³-hybridized carbons (Fsp3) is 0.778. The molecule has 0 aromatic carbocycles. The number of rotatable bonds is 13. The molecule has 0 nitrogen and oxygen atoms in total. The second-order valence-electron chi connectivity index (χ2n) is 5.93. The van der Waals surface area contributed by atoms with E-state index in [0.29, 0.717) is 0 Å². The molecule has 106 valence electrons. The third-order valence-corrected chi connectivity index (χ3v) is 3.87. The molecular weight excluding hydrogens is 216 g/mol. The molecule has 0 fully saturated rings. The first-order chi connectivity index (χ1) is 8.70. The summed E-state index contributed by atoms with van der Waals surface area (Å²) in [5, 5.41) is 0. The van der Waals surface area contributed by atoms with E-state index >= 15 is 0 Å². The topological polar surface area (TPSA) is 0 Å². The van der Waals surface area contributed by atoms with E-state index in [2.05, 4.69) is 27.0 Å². The number of hydrogen-bond donors (Lipinski definition) is 0. The molecule has 0 N–H and O–H groups in total. The molecule has 0 radical (unpaired) electrons. The van der Waals surface area contributed by atoms with Crippen LogP contribution in [0.5, 0.6) is 0 Å². The zero-order chi connectivity index (χ0) is 13.6. The van der Waals surface area contributed by atoms with Crippen molar-refractivity contribution in [3.8, 4) is 0 Å². The van der Waals surface area contributed by atoms with Crippen LogP contribution in [0.15, 0.2) is 25.3 Å². The van der Waals surface area contributed by atoms with Gasteiger partial charge in [0.25, 0.3) is 0 Å². The largest absolute Gasteiger partial charge is 0.103 e. The minimum Gasteiger partial charge on any atom is -0.103 e. The molecule has 0 rings (SSSR count). The van der Waals surface area contributed by atoms with Crippen molar-refractivity contribution < 1.29 is 0 Å². The summed E-state index contributed by atoms with van der Waals surface area (Å²) in [4.78, 5) is 0. The van der Waals surface area contributed by atoms with Crippen LogP contribution in [0, 0.1) is 11.8 Å². The highest BCUT2D eigenvalue weighted by molar-refractivity contribution is 4.69. The Kier molecular flexibility index (Phi) is 12.6. The van der Waals surface area contributed by atoms with Gasteiger partial charge in [-0.1, -0.05) is 64.5 Å². The molecule has 0 aromatic heterocycles. The molecule has 0 heterocycles. The predicted octanol–water partition coefficient (Wildman–Crippen LogP) is 6.53. The van der Waals surface area contributed by atoms with Gasteiger partial charge in [0.2, 0.25) is 0 Å². The fourth-order valence-corrected chi connectivity index (χ4v) is 2.43. The van der Waals surface area contributed by atoms with E-state index in [1.807, 2.05) is 12.2 Å². The highest BCUT2D eigenvalue weighted by Gasteiger charge is 2.02. The van der Waals surface area contributed by atoms with Crippen LogP contribution in [0.4, 0.5) is 0 Å². The Labute approximate surface area is 116 Å². The highest BCUT2D eigenvalue weighted by Crippen LogP contribution is 2.18. The Balaban J connectivity index is 3.24. The monoisotopic (exact) mass is 250 g/mol. The molecule has 2 unspecified atom stereocenters. The van der Waals surface area contributed by atoms with E-state index in [1.54, 1.807) is 0 Å². The van der Waals surface area contributed by atoms with Crippen molar-refractivity contribution in [2.75, 3.05) is 0 Å². The van der Waals surface area contributed by atoms with Crippen LogP contribution in [0.1, 0.15) is 78.1 Å². The van der Waals surface area contributed by atoms with Crippen LogP contribution in [0.3, 0.4) is 0 Å². The highest BCUT2D eigenvalue weighted by atomic mass is 14.1. The van der Waals surface area contributed by atoms with Crippen LogP contribution in [-0.4, -0.2) is 0 Å². The van der Waals surface area contributed by atoms with Crippen molar-refractivity contribution in [1.82, 2.24) is 0 Å². The van der Waals surface area contributed by atoms with E-state index < -0.39 is 0 Å². The summed E-state index contributed by atoms with van der Waals surface area (Å²) in [5.41, 5.74) is 0. The molecule has 0 aromatic rings. The Morgan fingerprint density at radius 2 is 1.06 bits per heavy atom. The fourth-order valence-electron chi connectivity index (χ4n) is 2.43. The van der Waals surface area contributed by atoms with E-state index in [9.17, 15) is 0 Å². The van der Waals surface area contributed by atoms with Crippen molar-refractivity contribution >= 4 is 0 Å². The van der Waals surface area contributed by atoms with Crippen molar-refractivity contribution in [2.24, 2.45) is 11.8 Å².